The van der Waals surface area contributed by atoms with Crippen molar-refractivity contribution in [3.8, 4) is 17.1 Å². The fraction of sp³-hybridized carbons (Fsp3) is 0.167. The number of hydrogen-bond donors (Lipinski definition) is 2. The van der Waals surface area contributed by atoms with E-state index in [2.05, 4.69) is 15.5 Å². The van der Waals surface area contributed by atoms with Crippen LogP contribution in [-0.2, 0) is 11.3 Å². The molecule has 0 atom stereocenters. The SMILES string of the molecule is COc1ccc(NC(=O)Cn2c(-c3ccc(C)cc3)n[nH]c2=S)cc1F. The van der Waals surface area contributed by atoms with Crippen LogP contribution in [0.2, 0.25) is 0 Å². The van der Waals surface area contributed by atoms with E-state index in [1.54, 1.807) is 10.6 Å². The van der Waals surface area contributed by atoms with Crippen LogP contribution in [0.3, 0.4) is 0 Å². The Morgan fingerprint density at radius 2 is 2.04 bits per heavy atom. The van der Waals surface area contributed by atoms with Gasteiger partial charge in [-0.2, -0.15) is 5.10 Å². The molecule has 6 nitrogen and oxygen atoms in total. The first-order valence-corrected chi connectivity index (χ1v) is 8.24. The summed E-state index contributed by atoms with van der Waals surface area (Å²) in [6, 6.07) is 11.9. The van der Waals surface area contributed by atoms with Gasteiger partial charge in [0, 0.05) is 17.3 Å². The number of nitrogens with one attached hydrogen (secondary N) is 2. The molecule has 3 aromatic rings. The van der Waals surface area contributed by atoms with Crippen LogP contribution in [0.4, 0.5) is 10.1 Å². The molecule has 26 heavy (non-hydrogen) atoms. The molecule has 0 saturated heterocycles. The normalized spacial score (nSPS) is 10.6. The highest BCUT2D eigenvalue weighted by Crippen LogP contribution is 2.21. The lowest BCUT2D eigenvalue weighted by atomic mass is 10.1. The van der Waals surface area contributed by atoms with E-state index in [-0.39, 0.29) is 18.2 Å². The van der Waals surface area contributed by atoms with E-state index in [1.807, 2.05) is 31.2 Å². The minimum atomic E-state index is -0.550. The van der Waals surface area contributed by atoms with Crippen LogP contribution in [0.5, 0.6) is 5.75 Å². The molecule has 3 rings (SSSR count). The maximum atomic E-state index is 13.7. The Kier molecular flexibility index (Phi) is 5.13. The molecule has 1 aromatic heterocycles. The van der Waals surface area contributed by atoms with Gasteiger partial charge in [-0.05, 0) is 31.3 Å². The van der Waals surface area contributed by atoms with E-state index < -0.39 is 5.82 Å². The van der Waals surface area contributed by atoms with Crippen molar-refractivity contribution in [2.45, 2.75) is 13.5 Å². The van der Waals surface area contributed by atoms with Crippen molar-refractivity contribution in [1.29, 1.82) is 0 Å². The quantitative estimate of drug-likeness (QED) is 0.670. The molecule has 0 aliphatic carbocycles. The van der Waals surface area contributed by atoms with E-state index in [0.29, 0.717) is 16.3 Å². The molecule has 8 heteroatoms. The summed E-state index contributed by atoms with van der Waals surface area (Å²) in [7, 11) is 1.38. The van der Waals surface area contributed by atoms with Gasteiger partial charge in [-0.1, -0.05) is 29.8 Å². The summed E-state index contributed by atoms with van der Waals surface area (Å²) in [5.41, 5.74) is 2.29. The molecule has 0 unspecified atom stereocenters. The zero-order valence-corrected chi connectivity index (χ0v) is 15.1. The zero-order chi connectivity index (χ0) is 18.7. The Hall–Kier alpha value is -3.00. The fourth-order valence-electron chi connectivity index (χ4n) is 2.48. The van der Waals surface area contributed by atoms with Gasteiger partial charge < -0.3 is 10.1 Å². The lowest BCUT2D eigenvalue weighted by molar-refractivity contribution is -0.116. The molecule has 1 heterocycles. The first-order chi connectivity index (χ1) is 12.5. The first kappa shape index (κ1) is 17.8. The van der Waals surface area contributed by atoms with Crippen LogP contribution in [-0.4, -0.2) is 27.8 Å². The molecule has 2 N–H and O–H groups in total. The standard InChI is InChI=1S/C18H17FN4O2S/c1-11-3-5-12(6-4-11)17-21-22-18(26)23(17)10-16(24)20-13-7-8-15(25-2)14(19)9-13/h3-9H,10H2,1-2H3,(H,20,24)(H,22,26). The van der Waals surface area contributed by atoms with Gasteiger partial charge in [-0.3, -0.25) is 14.5 Å². The second-order valence-electron chi connectivity index (χ2n) is 5.70. The van der Waals surface area contributed by atoms with Crippen LogP contribution in [0.15, 0.2) is 42.5 Å². The number of aromatic nitrogens is 3. The number of hydrogen-bond acceptors (Lipinski definition) is 4. The van der Waals surface area contributed by atoms with Crippen molar-refractivity contribution in [1.82, 2.24) is 14.8 Å². The zero-order valence-electron chi connectivity index (χ0n) is 14.2. The van der Waals surface area contributed by atoms with Crippen LogP contribution in [0.25, 0.3) is 11.4 Å². The largest absolute Gasteiger partial charge is 0.494 e. The van der Waals surface area contributed by atoms with E-state index in [0.717, 1.165) is 11.1 Å². The predicted molar refractivity (Wildman–Crippen MR) is 99.2 cm³/mol. The minimum Gasteiger partial charge on any atom is -0.494 e. The highest BCUT2D eigenvalue weighted by Gasteiger charge is 2.13. The van der Waals surface area contributed by atoms with Gasteiger partial charge >= 0.3 is 0 Å². The van der Waals surface area contributed by atoms with E-state index in [4.69, 9.17) is 17.0 Å². The number of rotatable bonds is 5. The number of H-pyrrole nitrogens is 1. The molecule has 0 aliphatic rings. The average molecular weight is 372 g/mol. The molecule has 134 valence electrons. The number of benzene rings is 2. The average Bonchev–Trinajstić information content (AvgIpc) is 2.96. The van der Waals surface area contributed by atoms with Crippen LogP contribution in [0.1, 0.15) is 5.56 Å². The van der Waals surface area contributed by atoms with Crippen LogP contribution >= 0.6 is 12.2 Å². The summed E-state index contributed by atoms with van der Waals surface area (Å²) < 4.78 is 20.5. The van der Waals surface area contributed by atoms with Gasteiger partial charge in [0.2, 0.25) is 5.91 Å². The monoisotopic (exact) mass is 372 g/mol. The Morgan fingerprint density at radius 3 is 2.69 bits per heavy atom. The van der Waals surface area contributed by atoms with Gasteiger partial charge in [0.15, 0.2) is 22.2 Å². The molecule has 0 aliphatic heterocycles. The number of aryl methyl sites for hydroxylation is 1. The summed E-state index contributed by atoms with van der Waals surface area (Å²) in [5, 5.41) is 9.55. The maximum absolute atomic E-state index is 13.7. The Morgan fingerprint density at radius 1 is 1.31 bits per heavy atom. The fourth-order valence-corrected chi connectivity index (χ4v) is 2.67. The number of anilines is 1. The van der Waals surface area contributed by atoms with E-state index in [1.165, 1.54) is 19.2 Å². The van der Waals surface area contributed by atoms with Crippen LogP contribution < -0.4 is 10.1 Å². The molecular weight excluding hydrogens is 355 g/mol. The van der Waals surface area contributed by atoms with Crippen molar-refractivity contribution >= 4 is 23.8 Å². The summed E-state index contributed by atoms with van der Waals surface area (Å²) in [4.78, 5) is 12.4. The third kappa shape index (κ3) is 3.80. The third-order valence-corrected chi connectivity index (χ3v) is 4.12. The third-order valence-electron chi connectivity index (χ3n) is 3.81. The number of nitrogens with zero attached hydrogens (tertiary/aromatic N) is 2. The first-order valence-electron chi connectivity index (χ1n) is 7.83. The maximum Gasteiger partial charge on any atom is 0.244 e. The lowest BCUT2D eigenvalue weighted by Gasteiger charge is -2.09. The number of amides is 1. The summed E-state index contributed by atoms with van der Waals surface area (Å²) in [6.45, 7) is 1.94. The second kappa shape index (κ2) is 7.49. The van der Waals surface area contributed by atoms with Crippen molar-refractivity contribution in [3.05, 3.63) is 58.6 Å². The van der Waals surface area contributed by atoms with Crippen molar-refractivity contribution in [3.63, 3.8) is 0 Å². The summed E-state index contributed by atoms with van der Waals surface area (Å²) in [5.74, 6) is -0.223. The summed E-state index contributed by atoms with van der Waals surface area (Å²) in [6.07, 6.45) is 0. The molecule has 1 amide bonds. The molecular formula is C18H17FN4O2S. The molecule has 0 saturated carbocycles. The minimum absolute atomic E-state index is 0.0494. The van der Waals surface area contributed by atoms with E-state index >= 15 is 0 Å². The smallest absolute Gasteiger partial charge is 0.244 e. The molecule has 0 fully saturated rings. The number of aromatic amines is 1. The van der Waals surface area contributed by atoms with E-state index in [9.17, 15) is 9.18 Å². The molecule has 0 radical (unpaired) electrons. The number of ether oxygens (including phenoxy) is 1. The van der Waals surface area contributed by atoms with Crippen molar-refractivity contribution < 1.29 is 13.9 Å². The predicted octanol–water partition coefficient (Wildman–Crippen LogP) is 3.70. The number of carbonyl (C=O) groups is 1. The number of halogens is 1. The van der Waals surface area contributed by atoms with Gasteiger partial charge in [0.1, 0.15) is 6.54 Å². The Balaban J connectivity index is 1.80. The van der Waals surface area contributed by atoms with Crippen molar-refractivity contribution in [2.24, 2.45) is 0 Å². The second-order valence-corrected chi connectivity index (χ2v) is 6.09. The molecule has 2 aromatic carbocycles. The van der Waals surface area contributed by atoms with Crippen LogP contribution in [0, 0.1) is 17.5 Å². The highest BCUT2D eigenvalue weighted by molar-refractivity contribution is 7.71. The van der Waals surface area contributed by atoms with Crippen molar-refractivity contribution in [2.75, 3.05) is 12.4 Å². The van der Waals surface area contributed by atoms with Gasteiger partial charge in [0.05, 0.1) is 7.11 Å². The van der Waals surface area contributed by atoms with Gasteiger partial charge in [0.25, 0.3) is 0 Å². The molecule has 0 bridgehead atoms. The summed E-state index contributed by atoms with van der Waals surface area (Å²) >= 11 is 5.22. The Labute approximate surface area is 154 Å². The topological polar surface area (TPSA) is 71.9 Å². The Bertz CT molecular complexity index is 995. The molecule has 0 spiro atoms. The highest BCUT2D eigenvalue weighted by atomic mass is 32.1. The van der Waals surface area contributed by atoms with Gasteiger partial charge in [-0.15, -0.1) is 0 Å². The van der Waals surface area contributed by atoms with Gasteiger partial charge in [-0.25, -0.2) is 4.39 Å². The number of carbonyl (C=O) groups excluding carboxylic acids is 1. The lowest BCUT2D eigenvalue weighted by Crippen LogP contribution is -2.19. The number of methoxy groups -OCH3 is 1.